The van der Waals surface area contributed by atoms with Crippen molar-refractivity contribution < 1.29 is 65.2 Å². The van der Waals surface area contributed by atoms with Crippen LogP contribution in [0.2, 0.25) is 0 Å². The minimum Gasteiger partial charge on any atom is -0.768 e. The summed E-state index contributed by atoms with van der Waals surface area (Å²) in [7, 11) is 3.08. The van der Waals surface area contributed by atoms with E-state index in [1.54, 1.807) is 25.4 Å². The smallest absolute Gasteiger partial charge is 0.256 e. The van der Waals surface area contributed by atoms with Crippen molar-refractivity contribution in [1.29, 1.82) is 0 Å². The standard InChI is InChI=1S/C22H30N2O7S.Y/c1-4-8-30-21-18(29-9-7-23)10-14(12-20(21)32(25)26)16-5-6-17(31-16)15-11-19(27-2)22(28-3)24-13-15;/h10-13,16-17H,4-9,23H2,1-3H3,(H,25,26);/p-1/t16-,17-;/m0./s1. The maximum atomic E-state index is 12.0. The van der Waals surface area contributed by atoms with Gasteiger partial charge in [0.05, 0.1) is 37.9 Å². The summed E-state index contributed by atoms with van der Waals surface area (Å²) in [6.07, 6.45) is 3.36. The van der Waals surface area contributed by atoms with Crippen molar-refractivity contribution in [2.45, 2.75) is 43.3 Å². The number of benzene rings is 1. The van der Waals surface area contributed by atoms with Crippen molar-refractivity contribution in [2.24, 2.45) is 5.73 Å². The van der Waals surface area contributed by atoms with Gasteiger partial charge < -0.3 is 34.0 Å². The van der Waals surface area contributed by atoms with Crippen LogP contribution in [0.5, 0.6) is 23.1 Å². The third kappa shape index (κ3) is 6.87. The number of hydrogen-bond donors (Lipinski definition) is 1. The summed E-state index contributed by atoms with van der Waals surface area (Å²) in [6.45, 7) is 2.85. The molecule has 1 aromatic carbocycles. The molecule has 1 unspecified atom stereocenters. The molecule has 1 saturated heterocycles. The molecule has 1 fully saturated rings. The first kappa shape index (κ1) is 27.9. The molecule has 179 valence electrons. The maximum Gasteiger partial charge on any atom is 0.256 e. The van der Waals surface area contributed by atoms with Crippen LogP contribution >= 0.6 is 0 Å². The van der Waals surface area contributed by atoms with Crippen LogP contribution in [0, 0.1) is 0 Å². The van der Waals surface area contributed by atoms with Crippen LogP contribution < -0.4 is 24.7 Å². The second-order valence-corrected chi connectivity index (χ2v) is 8.15. The van der Waals surface area contributed by atoms with E-state index in [-0.39, 0.29) is 62.2 Å². The molecule has 0 saturated carbocycles. The van der Waals surface area contributed by atoms with Crippen LogP contribution in [-0.4, -0.2) is 47.7 Å². The van der Waals surface area contributed by atoms with Gasteiger partial charge in [0.1, 0.15) is 6.61 Å². The Morgan fingerprint density at radius 1 is 1.09 bits per heavy atom. The summed E-state index contributed by atoms with van der Waals surface area (Å²) in [5, 5.41) is 0. The van der Waals surface area contributed by atoms with Crippen molar-refractivity contribution in [2.75, 3.05) is 34.0 Å². The zero-order valence-corrected chi connectivity index (χ0v) is 22.7. The minimum atomic E-state index is -2.51. The van der Waals surface area contributed by atoms with Gasteiger partial charge in [-0.25, -0.2) is 4.98 Å². The Morgan fingerprint density at radius 2 is 1.79 bits per heavy atom. The molecule has 0 amide bonds. The van der Waals surface area contributed by atoms with Gasteiger partial charge in [-0.3, -0.25) is 4.21 Å². The zero-order valence-electron chi connectivity index (χ0n) is 19.1. The van der Waals surface area contributed by atoms with E-state index in [1.807, 2.05) is 13.0 Å². The van der Waals surface area contributed by atoms with Crippen molar-refractivity contribution in [3.63, 3.8) is 0 Å². The Balaban J connectivity index is 0.00000385. The molecule has 2 N–H and O–H groups in total. The molecule has 1 aliphatic rings. The Hall–Kier alpha value is -1.30. The Kier molecular flexibility index (Phi) is 11.5. The first-order chi connectivity index (χ1) is 15.5. The van der Waals surface area contributed by atoms with Gasteiger partial charge in [0.15, 0.2) is 17.2 Å². The van der Waals surface area contributed by atoms with E-state index >= 15 is 0 Å². The first-order valence-electron chi connectivity index (χ1n) is 10.5. The van der Waals surface area contributed by atoms with Crippen molar-refractivity contribution in [1.82, 2.24) is 4.98 Å². The minimum absolute atomic E-state index is 0. The van der Waals surface area contributed by atoms with Crippen LogP contribution in [0.1, 0.15) is 49.5 Å². The topological polar surface area (TPSA) is 125 Å². The van der Waals surface area contributed by atoms with E-state index in [9.17, 15) is 8.76 Å². The molecule has 9 nitrogen and oxygen atoms in total. The van der Waals surface area contributed by atoms with E-state index in [0.29, 0.717) is 42.5 Å². The molecule has 0 bridgehead atoms. The molecular weight excluding hydrogens is 525 g/mol. The predicted octanol–water partition coefficient (Wildman–Crippen LogP) is 3.05. The van der Waals surface area contributed by atoms with Crippen LogP contribution in [0.3, 0.4) is 0 Å². The third-order valence-electron chi connectivity index (χ3n) is 5.06. The number of methoxy groups -OCH3 is 2. The fourth-order valence-corrected chi connectivity index (χ4v) is 4.12. The Morgan fingerprint density at radius 3 is 2.39 bits per heavy atom. The average Bonchev–Trinajstić information content (AvgIpc) is 3.31. The van der Waals surface area contributed by atoms with E-state index in [0.717, 1.165) is 18.4 Å². The second-order valence-electron chi connectivity index (χ2n) is 7.24. The number of nitrogens with zero attached hydrogens (tertiary/aromatic N) is 1. The molecule has 3 rings (SSSR count). The molecule has 11 heteroatoms. The van der Waals surface area contributed by atoms with E-state index in [2.05, 4.69) is 4.98 Å². The Bertz CT molecular complexity index is 947. The van der Waals surface area contributed by atoms with Crippen LogP contribution in [0.15, 0.2) is 29.3 Å². The number of aromatic nitrogens is 1. The molecule has 3 atom stereocenters. The summed E-state index contributed by atoms with van der Waals surface area (Å²) in [5.74, 6) is 1.48. The first-order valence-corrected chi connectivity index (χ1v) is 11.6. The van der Waals surface area contributed by atoms with Gasteiger partial charge in [0.25, 0.3) is 5.88 Å². The van der Waals surface area contributed by atoms with E-state index in [1.165, 1.54) is 7.11 Å². The summed E-state index contributed by atoms with van der Waals surface area (Å²) < 4.78 is 52.1. The van der Waals surface area contributed by atoms with Crippen LogP contribution in [0.25, 0.3) is 0 Å². The Labute approximate surface area is 221 Å². The summed E-state index contributed by atoms with van der Waals surface area (Å²) in [5.41, 5.74) is 7.14. The summed E-state index contributed by atoms with van der Waals surface area (Å²) in [4.78, 5) is 4.32. The zero-order chi connectivity index (χ0) is 23.1. The summed E-state index contributed by atoms with van der Waals surface area (Å²) >= 11 is -2.51. The predicted molar refractivity (Wildman–Crippen MR) is 117 cm³/mol. The monoisotopic (exact) mass is 554 g/mol. The molecule has 1 aliphatic heterocycles. The molecular formula is C22H29N2O7SY-. The number of pyridine rings is 1. The normalized spacial score (nSPS) is 18.3. The molecule has 2 aromatic rings. The SMILES string of the molecule is CCCOc1c(OCCN)cc([C@@H]2CC[C@@H](c3cnc(OC)c(OC)c3)O2)cc1S(=O)[O-].[Y]. The van der Waals surface area contributed by atoms with E-state index < -0.39 is 11.1 Å². The van der Waals surface area contributed by atoms with Gasteiger partial charge in [-0.2, -0.15) is 0 Å². The second kappa shape index (κ2) is 13.6. The number of nitrogens with two attached hydrogens (primary N) is 1. The molecule has 2 heterocycles. The fourth-order valence-electron chi connectivity index (χ4n) is 3.58. The van der Waals surface area contributed by atoms with Crippen molar-refractivity contribution >= 4 is 11.1 Å². The number of rotatable bonds is 11. The van der Waals surface area contributed by atoms with Gasteiger partial charge in [-0.05, 0) is 54.1 Å². The van der Waals surface area contributed by atoms with Crippen molar-refractivity contribution in [3.05, 3.63) is 35.5 Å². The van der Waals surface area contributed by atoms with Gasteiger partial charge >= 0.3 is 0 Å². The van der Waals surface area contributed by atoms with Gasteiger partial charge in [0.2, 0.25) is 0 Å². The number of hydrogen-bond acceptors (Lipinski definition) is 9. The van der Waals surface area contributed by atoms with Crippen molar-refractivity contribution in [3.8, 4) is 23.1 Å². The van der Waals surface area contributed by atoms with Gasteiger partial charge in [-0.15, -0.1) is 0 Å². The molecule has 0 aliphatic carbocycles. The maximum absolute atomic E-state index is 12.0. The average molecular weight is 554 g/mol. The van der Waals surface area contributed by atoms with Crippen LogP contribution in [-0.2, 0) is 48.5 Å². The van der Waals surface area contributed by atoms with Gasteiger partial charge in [-0.1, -0.05) is 6.92 Å². The largest absolute Gasteiger partial charge is 0.768 e. The molecule has 1 aromatic heterocycles. The summed E-state index contributed by atoms with van der Waals surface area (Å²) in [6, 6.07) is 5.20. The molecule has 1 radical (unpaired) electrons. The number of ether oxygens (including phenoxy) is 5. The fraction of sp³-hybridized carbons (Fsp3) is 0.500. The quantitative estimate of drug-likeness (QED) is 0.417. The third-order valence-corrected chi connectivity index (χ3v) is 5.73. The van der Waals surface area contributed by atoms with Gasteiger partial charge in [0, 0.05) is 51.0 Å². The van der Waals surface area contributed by atoms with E-state index in [4.69, 9.17) is 29.4 Å². The van der Waals surface area contributed by atoms with Crippen LogP contribution in [0.4, 0.5) is 0 Å². The molecule has 33 heavy (non-hydrogen) atoms. The molecule has 0 spiro atoms.